The fraction of sp³-hybridized carbons (Fsp3) is 0.111. The van der Waals surface area contributed by atoms with Crippen molar-refractivity contribution in [1.29, 1.82) is 0 Å². The number of halogens is 1. The summed E-state index contributed by atoms with van der Waals surface area (Å²) >= 11 is 0. The molecule has 0 aliphatic heterocycles. The van der Waals surface area contributed by atoms with Gasteiger partial charge in [0.05, 0.1) is 22.6 Å². The van der Waals surface area contributed by atoms with Crippen LogP contribution in [0.4, 0.5) is 10.1 Å². The molecule has 3 aromatic rings. The molecule has 2 aromatic carbocycles. The molecule has 0 unspecified atom stereocenters. The molecule has 26 heavy (non-hydrogen) atoms. The topological polar surface area (TPSA) is 79.4 Å². The number of pyridine rings is 1. The van der Waals surface area contributed by atoms with Gasteiger partial charge in [-0.15, -0.1) is 0 Å². The number of hydrogen-bond donors (Lipinski definition) is 1. The molecule has 0 spiro atoms. The number of benzene rings is 2. The zero-order valence-electron chi connectivity index (χ0n) is 13.9. The molecule has 3 rings (SSSR count). The van der Waals surface area contributed by atoms with Gasteiger partial charge >= 0.3 is 0 Å². The maximum Gasteiger partial charge on any atom is 0.243 e. The summed E-state index contributed by atoms with van der Waals surface area (Å²) < 4.78 is 38.8. The van der Waals surface area contributed by atoms with Crippen LogP contribution in [0.1, 0.15) is 0 Å². The predicted molar refractivity (Wildman–Crippen MR) is 96.6 cm³/mol. The van der Waals surface area contributed by atoms with Gasteiger partial charge in [-0.2, -0.15) is 4.31 Å². The Kier molecular flexibility index (Phi) is 4.97. The highest BCUT2D eigenvalue weighted by atomic mass is 32.2. The second-order valence-corrected chi connectivity index (χ2v) is 7.68. The van der Waals surface area contributed by atoms with Crippen LogP contribution in [0, 0.1) is 5.82 Å². The first kappa shape index (κ1) is 18.0. The average Bonchev–Trinajstić information content (AvgIpc) is 2.62. The number of nitrogens with zero attached hydrogens (tertiary/aromatic N) is 2. The summed E-state index contributed by atoms with van der Waals surface area (Å²) in [5.41, 5.74) is 1.27. The van der Waals surface area contributed by atoms with Gasteiger partial charge in [0.2, 0.25) is 15.9 Å². The zero-order chi connectivity index (χ0) is 18.7. The van der Waals surface area contributed by atoms with Gasteiger partial charge < -0.3 is 5.32 Å². The minimum absolute atomic E-state index is 0.0800. The smallest absolute Gasteiger partial charge is 0.243 e. The number of carbonyl (C=O) groups is 1. The zero-order valence-corrected chi connectivity index (χ0v) is 14.7. The molecule has 1 heterocycles. The van der Waals surface area contributed by atoms with E-state index in [9.17, 15) is 17.6 Å². The minimum atomic E-state index is -3.89. The van der Waals surface area contributed by atoms with Crippen LogP contribution < -0.4 is 5.32 Å². The molecule has 0 bridgehead atoms. The molecular weight excluding hydrogens is 357 g/mol. The van der Waals surface area contributed by atoms with Crippen LogP contribution in [-0.2, 0) is 14.8 Å². The maximum absolute atomic E-state index is 13.0. The van der Waals surface area contributed by atoms with Crippen LogP contribution >= 0.6 is 0 Å². The van der Waals surface area contributed by atoms with E-state index >= 15 is 0 Å². The number of sulfonamides is 1. The summed E-state index contributed by atoms with van der Waals surface area (Å²) in [5, 5.41) is 3.46. The van der Waals surface area contributed by atoms with Crippen LogP contribution in [0.25, 0.3) is 10.9 Å². The first-order chi connectivity index (χ1) is 12.4. The van der Waals surface area contributed by atoms with E-state index in [2.05, 4.69) is 10.3 Å². The van der Waals surface area contributed by atoms with Crippen molar-refractivity contribution in [3.63, 3.8) is 0 Å². The van der Waals surface area contributed by atoms with Crippen molar-refractivity contribution in [2.24, 2.45) is 0 Å². The molecular formula is C18H16FN3O3S. The van der Waals surface area contributed by atoms with E-state index in [-0.39, 0.29) is 11.4 Å². The van der Waals surface area contributed by atoms with E-state index in [0.717, 1.165) is 39.5 Å². The molecule has 0 atom stereocenters. The summed E-state index contributed by atoms with van der Waals surface area (Å²) in [6.07, 6.45) is 1.65. The average molecular weight is 373 g/mol. The number of amides is 1. The molecule has 6 nitrogen and oxygen atoms in total. The third-order valence-electron chi connectivity index (χ3n) is 3.81. The van der Waals surface area contributed by atoms with E-state index in [0.29, 0.717) is 5.69 Å². The number of rotatable bonds is 5. The molecule has 1 amide bonds. The number of fused-ring (bicyclic) bond motifs is 1. The van der Waals surface area contributed by atoms with Crippen LogP contribution in [0.5, 0.6) is 0 Å². The van der Waals surface area contributed by atoms with Crippen LogP contribution in [0.3, 0.4) is 0 Å². The van der Waals surface area contributed by atoms with Crippen LogP contribution in [-0.4, -0.2) is 37.2 Å². The van der Waals surface area contributed by atoms with E-state index in [1.165, 1.54) is 7.05 Å². The lowest BCUT2D eigenvalue weighted by atomic mass is 10.2. The van der Waals surface area contributed by atoms with Crippen molar-refractivity contribution in [3.8, 4) is 0 Å². The van der Waals surface area contributed by atoms with Crippen molar-refractivity contribution in [3.05, 3.63) is 66.6 Å². The lowest BCUT2D eigenvalue weighted by Gasteiger charge is -2.17. The van der Waals surface area contributed by atoms with Crippen LogP contribution in [0.2, 0.25) is 0 Å². The Morgan fingerprint density at radius 1 is 1.12 bits per heavy atom. The van der Waals surface area contributed by atoms with Gasteiger partial charge in [-0.3, -0.25) is 9.78 Å². The first-order valence-electron chi connectivity index (χ1n) is 7.73. The number of carbonyl (C=O) groups excluding carboxylic acids is 1. The summed E-state index contributed by atoms with van der Waals surface area (Å²) in [6.45, 7) is -0.379. The Morgan fingerprint density at radius 2 is 1.85 bits per heavy atom. The Labute approximate surface area is 150 Å². The van der Waals surface area contributed by atoms with E-state index in [1.807, 2.05) is 12.1 Å². The fourth-order valence-corrected chi connectivity index (χ4v) is 3.60. The maximum atomic E-state index is 13.0. The van der Waals surface area contributed by atoms with Gasteiger partial charge in [0.25, 0.3) is 0 Å². The highest BCUT2D eigenvalue weighted by Gasteiger charge is 2.23. The predicted octanol–water partition coefficient (Wildman–Crippen LogP) is 2.63. The summed E-state index contributed by atoms with van der Waals surface area (Å²) in [7, 11) is -2.60. The summed E-state index contributed by atoms with van der Waals surface area (Å²) in [5.74, 6) is -1.02. The van der Waals surface area contributed by atoms with Gasteiger partial charge in [-0.1, -0.05) is 6.07 Å². The molecule has 0 radical (unpaired) electrons. The Morgan fingerprint density at radius 3 is 2.58 bits per heavy atom. The van der Waals surface area contributed by atoms with Crippen molar-refractivity contribution >= 4 is 32.5 Å². The number of aromatic nitrogens is 1. The number of likely N-dealkylation sites (N-methyl/N-ethyl adjacent to an activating group) is 1. The SMILES string of the molecule is CN(CC(=O)Nc1cccc2ncccc12)S(=O)(=O)c1ccc(F)cc1. The van der Waals surface area contributed by atoms with E-state index < -0.39 is 21.7 Å². The fourth-order valence-electron chi connectivity index (χ4n) is 2.48. The highest BCUT2D eigenvalue weighted by Crippen LogP contribution is 2.21. The monoisotopic (exact) mass is 373 g/mol. The van der Waals surface area contributed by atoms with Gasteiger partial charge in [0.1, 0.15) is 5.82 Å². The molecule has 0 aliphatic rings. The van der Waals surface area contributed by atoms with Crippen molar-refractivity contribution in [1.82, 2.24) is 9.29 Å². The number of nitrogens with one attached hydrogen (secondary N) is 1. The van der Waals surface area contributed by atoms with Crippen molar-refractivity contribution < 1.29 is 17.6 Å². The number of anilines is 1. The standard InChI is InChI=1S/C18H16FN3O3S/c1-22(26(24,25)14-9-7-13(19)8-10-14)12-18(23)21-17-6-2-5-16-15(17)4-3-11-20-16/h2-11H,12H2,1H3,(H,21,23). The molecule has 0 saturated carbocycles. The van der Waals surface area contributed by atoms with Gasteiger partial charge in [0.15, 0.2) is 0 Å². The molecule has 0 aliphatic carbocycles. The molecule has 8 heteroatoms. The normalized spacial score (nSPS) is 11.7. The van der Waals surface area contributed by atoms with Crippen molar-refractivity contribution in [2.45, 2.75) is 4.90 Å². The van der Waals surface area contributed by atoms with Gasteiger partial charge in [-0.25, -0.2) is 12.8 Å². The third kappa shape index (κ3) is 3.71. The lowest BCUT2D eigenvalue weighted by Crippen LogP contribution is -2.35. The first-order valence-corrected chi connectivity index (χ1v) is 9.17. The molecule has 1 N–H and O–H groups in total. The van der Waals surface area contributed by atoms with E-state index in [1.54, 1.807) is 24.4 Å². The molecule has 0 fully saturated rings. The largest absolute Gasteiger partial charge is 0.324 e. The van der Waals surface area contributed by atoms with E-state index in [4.69, 9.17) is 0 Å². The lowest BCUT2D eigenvalue weighted by molar-refractivity contribution is -0.116. The Balaban J connectivity index is 1.76. The Bertz CT molecular complexity index is 1050. The molecule has 0 saturated heterocycles. The van der Waals surface area contributed by atoms with Crippen LogP contribution in [0.15, 0.2) is 65.7 Å². The molecule has 134 valence electrons. The highest BCUT2D eigenvalue weighted by molar-refractivity contribution is 7.89. The second-order valence-electron chi connectivity index (χ2n) is 5.64. The van der Waals surface area contributed by atoms with Crippen molar-refractivity contribution in [2.75, 3.05) is 18.9 Å². The minimum Gasteiger partial charge on any atom is -0.324 e. The Hall–Kier alpha value is -2.84. The molecule has 1 aromatic heterocycles. The number of hydrogen-bond acceptors (Lipinski definition) is 4. The van der Waals surface area contributed by atoms with Gasteiger partial charge in [0, 0.05) is 18.6 Å². The summed E-state index contributed by atoms with van der Waals surface area (Å²) in [6, 6.07) is 13.3. The quantitative estimate of drug-likeness (QED) is 0.746. The third-order valence-corrected chi connectivity index (χ3v) is 5.63. The second kappa shape index (κ2) is 7.19. The summed E-state index contributed by atoms with van der Waals surface area (Å²) in [4.78, 5) is 16.4. The van der Waals surface area contributed by atoms with Gasteiger partial charge in [-0.05, 0) is 48.5 Å².